The topological polar surface area (TPSA) is 52.9 Å². The Labute approximate surface area is 88.8 Å². The predicted octanol–water partition coefficient (Wildman–Crippen LogP) is 2.25. The van der Waals surface area contributed by atoms with Crippen molar-refractivity contribution in [1.29, 1.82) is 5.26 Å². The van der Waals surface area contributed by atoms with Gasteiger partial charge >= 0.3 is 0 Å². The first kappa shape index (κ1) is 9.62. The zero-order valence-corrected chi connectivity index (χ0v) is 8.27. The summed E-state index contributed by atoms with van der Waals surface area (Å²) in [7, 11) is 0. The zero-order valence-electron chi connectivity index (χ0n) is 7.45. The number of hydrogen-bond acceptors (Lipinski definition) is 3. The number of thiophene rings is 1. The first-order valence-electron chi connectivity index (χ1n) is 4.09. The van der Waals surface area contributed by atoms with Crippen LogP contribution in [-0.2, 0) is 0 Å². The van der Waals surface area contributed by atoms with E-state index in [2.05, 4.69) is 0 Å². The molecule has 0 atom stereocenters. The van der Waals surface area contributed by atoms with E-state index in [-0.39, 0.29) is 5.82 Å². The molecule has 0 radical (unpaired) electrons. The summed E-state index contributed by atoms with van der Waals surface area (Å²) < 4.78 is 13.7. The monoisotopic (exact) mass is 220 g/mol. The smallest absolute Gasteiger partial charge is 0.267 e. The summed E-state index contributed by atoms with van der Waals surface area (Å²) in [6, 6.07) is 5.87. The Morgan fingerprint density at radius 1 is 1.47 bits per heavy atom. The van der Waals surface area contributed by atoms with E-state index in [0.717, 1.165) is 4.70 Å². The van der Waals surface area contributed by atoms with E-state index >= 15 is 0 Å². The molecule has 2 aromatic rings. The lowest BCUT2D eigenvalue weighted by Crippen LogP contribution is -2.15. The average molecular weight is 220 g/mol. The summed E-state index contributed by atoms with van der Waals surface area (Å²) in [6.07, 6.45) is 1.55. The minimum Gasteiger partial charge on any atom is -0.267 e. The number of fused-ring (bicyclic) bond motifs is 1. The number of nitrogens with one attached hydrogen (secondary N) is 1. The third-order valence-electron chi connectivity index (χ3n) is 1.87. The lowest BCUT2D eigenvalue weighted by molar-refractivity contribution is 0.0977. The molecule has 0 saturated heterocycles. The van der Waals surface area contributed by atoms with Gasteiger partial charge in [-0.3, -0.25) is 10.1 Å². The molecule has 1 aromatic carbocycles. The second-order valence-electron chi connectivity index (χ2n) is 2.86. The number of carbonyl (C=O) groups is 1. The van der Waals surface area contributed by atoms with Crippen LogP contribution in [0.1, 0.15) is 9.67 Å². The Morgan fingerprint density at radius 2 is 2.27 bits per heavy atom. The minimum absolute atomic E-state index is 0.340. The molecule has 74 valence electrons. The Bertz CT molecular complexity index is 570. The van der Waals surface area contributed by atoms with Crippen molar-refractivity contribution in [3.05, 3.63) is 35.0 Å². The first-order valence-corrected chi connectivity index (χ1v) is 4.91. The summed E-state index contributed by atoms with van der Waals surface area (Å²) >= 11 is 1.22. The molecule has 0 fully saturated rings. The molecule has 0 aliphatic heterocycles. The fraction of sp³-hybridized carbons (Fsp3) is 0. The van der Waals surface area contributed by atoms with E-state index in [0.29, 0.717) is 10.3 Å². The van der Waals surface area contributed by atoms with Crippen molar-refractivity contribution in [2.75, 3.05) is 0 Å². The second-order valence-corrected chi connectivity index (χ2v) is 3.94. The molecule has 1 N–H and O–H groups in total. The quantitative estimate of drug-likeness (QED) is 0.592. The fourth-order valence-electron chi connectivity index (χ4n) is 1.24. The molecule has 0 unspecified atom stereocenters. The number of nitrogens with zero attached hydrogens (tertiary/aromatic N) is 1. The highest BCUT2D eigenvalue weighted by Crippen LogP contribution is 2.25. The van der Waals surface area contributed by atoms with Gasteiger partial charge in [0.2, 0.25) is 0 Å². The molecular formula is C10H5FN2OS. The maximum absolute atomic E-state index is 12.8. The van der Waals surface area contributed by atoms with E-state index in [4.69, 9.17) is 5.26 Å². The second kappa shape index (κ2) is 3.67. The Balaban J connectivity index is 2.48. The van der Waals surface area contributed by atoms with Crippen LogP contribution in [0.15, 0.2) is 24.3 Å². The molecule has 15 heavy (non-hydrogen) atoms. The molecule has 1 heterocycles. The van der Waals surface area contributed by atoms with E-state index < -0.39 is 5.91 Å². The van der Waals surface area contributed by atoms with Gasteiger partial charge in [0, 0.05) is 4.70 Å². The van der Waals surface area contributed by atoms with Crippen molar-refractivity contribution in [2.24, 2.45) is 0 Å². The average Bonchev–Trinajstić information content (AvgIpc) is 2.60. The molecule has 1 amide bonds. The number of halogens is 1. The van der Waals surface area contributed by atoms with E-state index in [9.17, 15) is 9.18 Å². The minimum atomic E-state index is -0.459. The molecule has 2 rings (SSSR count). The normalized spacial score (nSPS) is 9.87. The van der Waals surface area contributed by atoms with Crippen molar-refractivity contribution >= 4 is 27.3 Å². The Hall–Kier alpha value is -1.93. The zero-order chi connectivity index (χ0) is 10.8. The van der Waals surface area contributed by atoms with Crippen LogP contribution >= 0.6 is 11.3 Å². The fourth-order valence-corrected chi connectivity index (χ4v) is 2.18. The van der Waals surface area contributed by atoms with E-state index in [1.165, 1.54) is 23.5 Å². The SMILES string of the molecule is N#CNC(=O)c1cc2cc(F)ccc2s1. The van der Waals surface area contributed by atoms with Gasteiger partial charge < -0.3 is 0 Å². The van der Waals surface area contributed by atoms with Crippen LogP contribution in [0.25, 0.3) is 10.1 Å². The van der Waals surface area contributed by atoms with Crippen molar-refractivity contribution < 1.29 is 9.18 Å². The third-order valence-corrected chi connectivity index (χ3v) is 2.99. The number of carbonyl (C=O) groups excluding carboxylic acids is 1. The van der Waals surface area contributed by atoms with Crippen LogP contribution in [0.3, 0.4) is 0 Å². The summed E-state index contributed by atoms with van der Waals surface area (Å²) in [5.74, 6) is -0.799. The summed E-state index contributed by atoms with van der Waals surface area (Å²) in [4.78, 5) is 11.7. The van der Waals surface area contributed by atoms with Gasteiger partial charge in [0.15, 0.2) is 6.19 Å². The molecule has 0 saturated carbocycles. The molecule has 0 spiro atoms. The van der Waals surface area contributed by atoms with Gasteiger partial charge in [0.1, 0.15) is 5.82 Å². The summed E-state index contributed by atoms with van der Waals surface area (Å²) in [5, 5.41) is 11.0. The lowest BCUT2D eigenvalue weighted by atomic mass is 10.2. The van der Waals surface area contributed by atoms with Gasteiger partial charge in [0.05, 0.1) is 4.88 Å². The summed E-state index contributed by atoms with van der Waals surface area (Å²) in [5.41, 5.74) is 0. The van der Waals surface area contributed by atoms with Crippen LogP contribution < -0.4 is 5.32 Å². The Morgan fingerprint density at radius 3 is 3.00 bits per heavy atom. The molecule has 5 heteroatoms. The predicted molar refractivity (Wildman–Crippen MR) is 54.9 cm³/mol. The van der Waals surface area contributed by atoms with Crippen LogP contribution in [0.4, 0.5) is 4.39 Å². The van der Waals surface area contributed by atoms with Crippen LogP contribution in [0.2, 0.25) is 0 Å². The first-order chi connectivity index (χ1) is 7.20. The maximum Gasteiger partial charge on any atom is 0.274 e. The van der Waals surface area contributed by atoms with Gasteiger partial charge in [-0.25, -0.2) is 4.39 Å². The van der Waals surface area contributed by atoms with E-state index in [1.807, 2.05) is 5.32 Å². The Kier molecular flexibility index (Phi) is 2.35. The third kappa shape index (κ3) is 1.80. The number of amides is 1. The number of benzene rings is 1. The number of nitriles is 1. The molecule has 3 nitrogen and oxygen atoms in total. The molecule has 0 aliphatic carbocycles. The molecule has 0 aliphatic rings. The van der Waals surface area contributed by atoms with Crippen molar-refractivity contribution in [2.45, 2.75) is 0 Å². The molecule has 1 aromatic heterocycles. The van der Waals surface area contributed by atoms with Gasteiger partial charge in [-0.05, 0) is 29.7 Å². The molecular weight excluding hydrogens is 215 g/mol. The number of hydrogen-bond donors (Lipinski definition) is 1. The highest BCUT2D eigenvalue weighted by atomic mass is 32.1. The van der Waals surface area contributed by atoms with Crippen LogP contribution in [0, 0.1) is 17.3 Å². The van der Waals surface area contributed by atoms with Crippen molar-refractivity contribution in [3.8, 4) is 6.19 Å². The van der Waals surface area contributed by atoms with Crippen molar-refractivity contribution in [3.63, 3.8) is 0 Å². The van der Waals surface area contributed by atoms with Crippen LogP contribution in [0.5, 0.6) is 0 Å². The highest BCUT2D eigenvalue weighted by Gasteiger charge is 2.09. The lowest BCUT2D eigenvalue weighted by Gasteiger charge is -1.88. The van der Waals surface area contributed by atoms with Gasteiger partial charge in [-0.1, -0.05) is 0 Å². The number of rotatable bonds is 1. The molecule has 0 bridgehead atoms. The summed E-state index contributed by atoms with van der Waals surface area (Å²) in [6.45, 7) is 0. The largest absolute Gasteiger partial charge is 0.274 e. The van der Waals surface area contributed by atoms with E-state index in [1.54, 1.807) is 18.3 Å². The van der Waals surface area contributed by atoms with Crippen molar-refractivity contribution in [1.82, 2.24) is 5.32 Å². The van der Waals surface area contributed by atoms with Gasteiger partial charge in [-0.2, -0.15) is 5.26 Å². The maximum atomic E-state index is 12.8. The van der Waals surface area contributed by atoms with Gasteiger partial charge in [-0.15, -0.1) is 11.3 Å². The highest BCUT2D eigenvalue weighted by molar-refractivity contribution is 7.20. The standard InChI is InChI=1S/C10H5FN2OS/c11-7-1-2-8-6(3-7)4-9(15-8)10(14)13-5-12/h1-4H,(H,13,14). The van der Waals surface area contributed by atoms with Gasteiger partial charge in [0.25, 0.3) is 5.91 Å². The van der Waals surface area contributed by atoms with Crippen LogP contribution in [-0.4, -0.2) is 5.91 Å².